The van der Waals surface area contributed by atoms with E-state index in [1.54, 1.807) is 6.08 Å². The summed E-state index contributed by atoms with van der Waals surface area (Å²) in [6.45, 7) is 0. The Morgan fingerprint density at radius 2 is 1.27 bits per heavy atom. The fourth-order valence-electron chi connectivity index (χ4n) is 2.10. The Balaban J connectivity index is 2.22. The van der Waals surface area contributed by atoms with Crippen molar-refractivity contribution in [2.75, 3.05) is 0 Å². The van der Waals surface area contributed by atoms with Gasteiger partial charge in [0.2, 0.25) is 0 Å². The molecule has 0 aromatic rings. The molecule has 0 N–H and O–H groups in total. The molecule has 0 unspecified atom stereocenters. The van der Waals surface area contributed by atoms with Crippen molar-refractivity contribution in [2.45, 2.75) is 70.6 Å². The van der Waals surface area contributed by atoms with Crippen LogP contribution in [0.1, 0.15) is 70.6 Å². The van der Waals surface area contributed by atoms with E-state index in [1.165, 1.54) is 51.4 Å². The van der Waals surface area contributed by atoms with Crippen molar-refractivity contribution in [3.63, 3.8) is 0 Å². The zero-order chi connectivity index (χ0) is 10.8. The first-order valence-electron chi connectivity index (χ1n) is 6.59. The molecule has 0 aromatic heterocycles. The normalized spacial score (nSPS) is 22.3. The lowest BCUT2D eigenvalue weighted by atomic mass is 10.0. The maximum atomic E-state index is 11.4. The number of allylic oxidation sites excluding steroid dienone is 2. The van der Waals surface area contributed by atoms with Gasteiger partial charge in [-0.1, -0.05) is 51.0 Å². The summed E-state index contributed by atoms with van der Waals surface area (Å²) in [6, 6.07) is 0. The molecule has 0 bridgehead atoms. The van der Waals surface area contributed by atoms with Gasteiger partial charge in [0.15, 0.2) is 5.78 Å². The van der Waals surface area contributed by atoms with Crippen molar-refractivity contribution >= 4 is 5.78 Å². The van der Waals surface area contributed by atoms with Crippen LogP contribution in [-0.4, -0.2) is 5.78 Å². The predicted octanol–water partition coefficient (Wildman–Crippen LogP) is 4.42. The summed E-state index contributed by atoms with van der Waals surface area (Å²) in [5.41, 5.74) is 0. The summed E-state index contributed by atoms with van der Waals surface area (Å²) in [5, 5.41) is 0. The van der Waals surface area contributed by atoms with Gasteiger partial charge in [0.05, 0.1) is 0 Å². The first-order valence-corrected chi connectivity index (χ1v) is 6.59. The van der Waals surface area contributed by atoms with E-state index in [0.717, 1.165) is 19.3 Å². The van der Waals surface area contributed by atoms with Gasteiger partial charge < -0.3 is 0 Å². The maximum Gasteiger partial charge on any atom is 0.155 e. The van der Waals surface area contributed by atoms with Crippen LogP contribution >= 0.6 is 0 Å². The minimum absolute atomic E-state index is 0.326. The smallest absolute Gasteiger partial charge is 0.155 e. The molecule has 86 valence electrons. The highest BCUT2D eigenvalue weighted by Crippen LogP contribution is 2.12. The summed E-state index contributed by atoms with van der Waals surface area (Å²) >= 11 is 0. The van der Waals surface area contributed by atoms with Crippen molar-refractivity contribution in [2.24, 2.45) is 0 Å². The van der Waals surface area contributed by atoms with Gasteiger partial charge in [-0.3, -0.25) is 4.79 Å². The van der Waals surface area contributed by atoms with Crippen LogP contribution in [0.5, 0.6) is 0 Å². The van der Waals surface area contributed by atoms with Crippen LogP contribution in [0.2, 0.25) is 0 Å². The van der Waals surface area contributed by atoms with E-state index in [0.29, 0.717) is 5.78 Å². The first kappa shape index (κ1) is 12.5. The van der Waals surface area contributed by atoms with Crippen molar-refractivity contribution in [1.29, 1.82) is 0 Å². The fraction of sp³-hybridized carbons (Fsp3) is 0.786. The second-order valence-corrected chi connectivity index (χ2v) is 4.59. The molecule has 0 saturated carbocycles. The third kappa shape index (κ3) is 7.35. The lowest BCUT2D eigenvalue weighted by Crippen LogP contribution is -1.93. The molecule has 0 saturated heterocycles. The van der Waals surface area contributed by atoms with Gasteiger partial charge in [0, 0.05) is 6.42 Å². The van der Waals surface area contributed by atoms with E-state index in [4.69, 9.17) is 0 Å². The molecule has 1 aliphatic rings. The van der Waals surface area contributed by atoms with E-state index >= 15 is 0 Å². The van der Waals surface area contributed by atoms with Crippen LogP contribution < -0.4 is 0 Å². The topological polar surface area (TPSA) is 17.1 Å². The van der Waals surface area contributed by atoms with E-state index in [9.17, 15) is 4.79 Å². The average molecular weight is 208 g/mol. The van der Waals surface area contributed by atoms with Gasteiger partial charge in [-0.25, -0.2) is 0 Å². The molecule has 0 aromatic carbocycles. The van der Waals surface area contributed by atoms with Gasteiger partial charge in [0.25, 0.3) is 0 Å². The molecule has 0 spiro atoms. The Labute approximate surface area is 93.9 Å². The molecule has 15 heavy (non-hydrogen) atoms. The quantitative estimate of drug-likeness (QED) is 0.576. The van der Waals surface area contributed by atoms with E-state index < -0.39 is 0 Å². The van der Waals surface area contributed by atoms with Crippen LogP contribution in [0.25, 0.3) is 0 Å². The highest BCUT2D eigenvalue weighted by atomic mass is 16.1. The molecular weight excluding hydrogens is 184 g/mol. The van der Waals surface area contributed by atoms with Gasteiger partial charge in [-0.2, -0.15) is 0 Å². The molecule has 0 amide bonds. The Hall–Kier alpha value is -0.590. The van der Waals surface area contributed by atoms with Crippen LogP contribution in [0.15, 0.2) is 12.2 Å². The highest BCUT2D eigenvalue weighted by molar-refractivity contribution is 5.89. The second kappa shape index (κ2) is 8.70. The zero-order valence-corrected chi connectivity index (χ0v) is 9.84. The summed E-state index contributed by atoms with van der Waals surface area (Å²) in [6.07, 6.45) is 17.5. The maximum absolute atomic E-state index is 11.4. The van der Waals surface area contributed by atoms with E-state index in [1.807, 2.05) is 0 Å². The van der Waals surface area contributed by atoms with Gasteiger partial charge in [-0.05, 0) is 25.3 Å². The van der Waals surface area contributed by atoms with Crippen LogP contribution in [0.3, 0.4) is 0 Å². The van der Waals surface area contributed by atoms with Crippen LogP contribution in [0.4, 0.5) is 0 Å². The number of hydrogen-bond donors (Lipinski definition) is 0. The van der Waals surface area contributed by atoms with Crippen molar-refractivity contribution in [1.82, 2.24) is 0 Å². The summed E-state index contributed by atoms with van der Waals surface area (Å²) < 4.78 is 0. The van der Waals surface area contributed by atoms with Crippen molar-refractivity contribution < 1.29 is 4.79 Å². The van der Waals surface area contributed by atoms with Crippen molar-refractivity contribution in [3.8, 4) is 0 Å². The van der Waals surface area contributed by atoms with Crippen LogP contribution in [0, 0.1) is 0 Å². The standard InChI is InChI=1S/C14H24O/c15-14-12-10-8-6-4-2-1-3-5-7-9-11-13-14/h10,12H,1-9,11,13H2. The monoisotopic (exact) mass is 208 g/mol. The Bertz CT molecular complexity index is 194. The van der Waals surface area contributed by atoms with E-state index in [-0.39, 0.29) is 0 Å². The molecule has 0 fully saturated rings. The number of hydrogen-bond acceptors (Lipinski definition) is 1. The van der Waals surface area contributed by atoms with E-state index in [2.05, 4.69) is 6.08 Å². The minimum atomic E-state index is 0.326. The van der Waals surface area contributed by atoms with Gasteiger partial charge >= 0.3 is 0 Å². The molecule has 0 heterocycles. The highest BCUT2D eigenvalue weighted by Gasteiger charge is 1.98. The molecular formula is C14H24O. The molecule has 0 radical (unpaired) electrons. The predicted molar refractivity (Wildman–Crippen MR) is 64.9 cm³/mol. The molecule has 0 aliphatic heterocycles. The molecule has 1 aliphatic carbocycles. The number of carbonyl (C=O) groups excluding carboxylic acids is 1. The first-order chi connectivity index (χ1) is 7.39. The third-order valence-corrected chi connectivity index (χ3v) is 3.10. The molecule has 1 rings (SSSR count). The zero-order valence-electron chi connectivity index (χ0n) is 9.84. The largest absolute Gasteiger partial charge is 0.295 e. The Morgan fingerprint density at radius 3 is 1.93 bits per heavy atom. The van der Waals surface area contributed by atoms with Gasteiger partial charge in [-0.15, -0.1) is 0 Å². The summed E-state index contributed by atoms with van der Waals surface area (Å²) in [7, 11) is 0. The summed E-state index contributed by atoms with van der Waals surface area (Å²) in [5.74, 6) is 0.326. The minimum Gasteiger partial charge on any atom is -0.295 e. The second-order valence-electron chi connectivity index (χ2n) is 4.59. The molecule has 1 nitrogen and oxygen atoms in total. The molecule has 0 atom stereocenters. The van der Waals surface area contributed by atoms with Crippen molar-refractivity contribution in [3.05, 3.63) is 12.2 Å². The third-order valence-electron chi connectivity index (χ3n) is 3.10. The summed E-state index contributed by atoms with van der Waals surface area (Å²) in [4.78, 5) is 11.4. The molecule has 1 heteroatoms. The van der Waals surface area contributed by atoms with Gasteiger partial charge in [0.1, 0.15) is 0 Å². The number of rotatable bonds is 0. The van der Waals surface area contributed by atoms with Crippen LogP contribution in [-0.2, 0) is 4.79 Å². The number of carbonyl (C=O) groups is 1. The fourth-order valence-corrected chi connectivity index (χ4v) is 2.10. The Morgan fingerprint density at radius 1 is 0.733 bits per heavy atom. The lowest BCUT2D eigenvalue weighted by Gasteiger charge is -2.02. The lowest BCUT2D eigenvalue weighted by molar-refractivity contribution is -0.114. The number of ketones is 1. The SMILES string of the molecule is O=C1C=CCCCCCCCCCCC1. The Kier molecular flexibility index (Phi) is 7.24. The average Bonchev–Trinajstić information content (AvgIpc) is 2.24.